The molecule has 0 radical (unpaired) electrons. The van der Waals surface area contributed by atoms with Gasteiger partial charge in [-0.25, -0.2) is 0 Å². The van der Waals surface area contributed by atoms with E-state index in [9.17, 15) is 4.79 Å². The highest BCUT2D eigenvalue weighted by Crippen LogP contribution is 2.39. The van der Waals surface area contributed by atoms with E-state index in [1.165, 1.54) is 0 Å². The quantitative estimate of drug-likeness (QED) is 0.557. The van der Waals surface area contributed by atoms with Crippen LogP contribution < -0.4 is 28.4 Å². The van der Waals surface area contributed by atoms with Gasteiger partial charge in [0.25, 0.3) is 0 Å². The molecule has 0 saturated heterocycles. The highest BCUT2D eigenvalue weighted by Gasteiger charge is 2.25. The molecular weight excluding hydrogens is 412 g/mol. The van der Waals surface area contributed by atoms with Crippen molar-refractivity contribution in [3.63, 3.8) is 0 Å². The molecule has 7 heteroatoms. The van der Waals surface area contributed by atoms with Crippen LogP contribution in [-0.2, 0) is 4.79 Å². The fourth-order valence-electron chi connectivity index (χ4n) is 3.68. The van der Waals surface area contributed by atoms with Crippen LogP contribution in [0.4, 0.5) is 0 Å². The number of rotatable bonds is 8. The summed E-state index contributed by atoms with van der Waals surface area (Å²) in [6, 6.07) is 7.10. The lowest BCUT2D eigenvalue weighted by atomic mass is 10.0. The third-order valence-electron chi connectivity index (χ3n) is 5.38. The Kier molecular flexibility index (Phi) is 7.30. The monoisotopic (exact) mass is 440 g/mol. The summed E-state index contributed by atoms with van der Waals surface area (Å²) < 4.78 is 32.4. The van der Waals surface area contributed by atoms with E-state index in [1.54, 1.807) is 66.9 Å². The molecule has 0 unspecified atom stereocenters. The lowest BCUT2D eigenvalue weighted by molar-refractivity contribution is -0.111. The number of hydrogen-bond donors (Lipinski definition) is 0. The zero-order valence-electron chi connectivity index (χ0n) is 19.2. The molecule has 1 saturated carbocycles. The van der Waals surface area contributed by atoms with Gasteiger partial charge in [-0.2, -0.15) is 0 Å². The average Bonchev–Trinajstić information content (AvgIpc) is 3.16. The molecule has 7 nitrogen and oxygen atoms in total. The van der Waals surface area contributed by atoms with Gasteiger partial charge in [0.1, 0.15) is 11.5 Å². The van der Waals surface area contributed by atoms with Crippen molar-refractivity contribution < 1.29 is 33.2 Å². The molecule has 0 amide bonds. The number of carbonyl (C=O) groups is 1. The maximum atomic E-state index is 13.1. The lowest BCUT2D eigenvalue weighted by Gasteiger charge is -2.13. The van der Waals surface area contributed by atoms with E-state index < -0.39 is 0 Å². The van der Waals surface area contributed by atoms with Crippen molar-refractivity contribution in [1.82, 2.24) is 0 Å². The summed E-state index contributed by atoms with van der Waals surface area (Å²) in [7, 11) is 9.42. The molecule has 32 heavy (non-hydrogen) atoms. The second kappa shape index (κ2) is 10.1. The van der Waals surface area contributed by atoms with Gasteiger partial charge < -0.3 is 28.4 Å². The minimum Gasteiger partial charge on any atom is -0.496 e. The van der Waals surface area contributed by atoms with E-state index in [2.05, 4.69) is 0 Å². The first kappa shape index (κ1) is 23.1. The van der Waals surface area contributed by atoms with Gasteiger partial charge in [-0.15, -0.1) is 0 Å². The van der Waals surface area contributed by atoms with E-state index in [1.807, 2.05) is 12.2 Å². The smallest absolute Gasteiger partial charge is 0.185 e. The topological polar surface area (TPSA) is 72.5 Å². The van der Waals surface area contributed by atoms with Crippen LogP contribution in [0.1, 0.15) is 24.0 Å². The number of carbonyl (C=O) groups excluding carboxylic acids is 1. The van der Waals surface area contributed by atoms with E-state index in [-0.39, 0.29) is 5.78 Å². The predicted molar refractivity (Wildman–Crippen MR) is 122 cm³/mol. The van der Waals surface area contributed by atoms with Crippen LogP contribution in [0.5, 0.6) is 34.5 Å². The van der Waals surface area contributed by atoms with Crippen LogP contribution >= 0.6 is 0 Å². The Morgan fingerprint density at radius 2 is 0.844 bits per heavy atom. The highest BCUT2D eigenvalue weighted by atomic mass is 16.5. The third-order valence-corrected chi connectivity index (χ3v) is 5.38. The number of ether oxygens (including phenoxy) is 6. The first-order valence-electron chi connectivity index (χ1n) is 10.0. The molecule has 1 aliphatic carbocycles. The second-order valence-corrected chi connectivity index (χ2v) is 7.07. The summed E-state index contributed by atoms with van der Waals surface area (Å²) in [5.41, 5.74) is 2.89. The SMILES string of the molecule is COc1cc(OC)c(OC)cc1/C=C1\CC/C(=C\c2cc(OC)c(OC)cc2OC)C1=O. The Hall–Kier alpha value is -3.61. The number of methoxy groups -OCH3 is 6. The van der Waals surface area contributed by atoms with Gasteiger partial charge in [-0.05, 0) is 37.1 Å². The van der Waals surface area contributed by atoms with Gasteiger partial charge >= 0.3 is 0 Å². The van der Waals surface area contributed by atoms with E-state index in [4.69, 9.17) is 28.4 Å². The zero-order valence-corrected chi connectivity index (χ0v) is 19.2. The molecule has 0 N–H and O–H groups in total. The largest absolute Gasteiger partial charge is 0.496 e. The molecular formula is C25H28O7. The number of Topliss-reactive ketones (excluding diaryl/α,β-unsaturated/α-hetero) is 1. The zero-order chi connectivity index (χ0) is 23.3. The summed E-state index contributed by atoms with van der Waals surface area (Å²) in [6.07, 6.45) is 4.93. The van der Waals surface area contributed by atoms with E-state index in [0.29, 0.717) is 58.5 Å². The minimum absolute atomic E-state index is 0.0151. The third kappa shape index (κ3) is 4.51. The lowest BCUT2D eigenvalue weighted by Crippen LogP contribution is -1.99. The number of allylic oxidation sites excluding steroid dienone is 2. The van der Waals surface area contributed by atoms with Gasteiger partial charge in [-0.1, -0.05) is 0 Å². The molecule has 0 aliphatic heterocycles. The van der Waals surface area contributed by atoms with Gasteiger partial charge in [0.05, 0.1) is 42.7 Å². The molecule has 170 valence electrons. The fraction of sp³-hybridized carbons (Fsp3) is 0.320. The Morgan fingerprint density at radius 1 is 0.531 bits per heavy atom. The molecule has 1 aliphatic rings. The summed E-state index contributed by atoms with van der Waals surface area (Å²) >= 11 is 0. The fourth-order valence-corrected chi connectivity index (χ4v) is 3.68. The average molecular weight is 440 g/mol. The van der Waals surface area contributed by atoms with Crippen molar-refractivity contribution in [2.75, 3.05) is 42.7 Å². The molecule has 0 heterocycles. The standard InChI is InChI=1S/C25H28O7/c1-27-19-13-23(31-5)21(29-3)11-17(19)9-15-7-8-16(25(15)26)10-18-12-22(30-4)24(32-6)14-20(18)28-2/h9-14H,7-8H2,1-6H3/b15-9+,16-10+. The summed E-state index contributed by atoms with van der Waals surface area (Å²) in [5, 5.41) is 0. The molecule has 0 bridgehead atoms. The number of hydrogen-bond acceptors (Lipinski definition) is 7. The molecule has 0 atom stereocenters. The first-order valence-corrected chi connectivity index (χ1v) is 10.0. The van der Waals surface area contributed by atoms with E-state index in [0.717, 1.165) is 11.1 Å². The molecule has 3 rings (SSSR count). The predicted octanol–water partition coefficient (Wildman–Crippen LogP) is 4.57. The van der Waals surface area contributed by atoms with Crippen molar-refractivity contribution in [3.8, 4) is 34.5 Å². The molecule has 0 spiro atoms. The van der Waals surface area contributed by atoms with Crippen LogP contribution in [0.3, 0.4) is 0 Å². The molecule has 2 aromatic carbocycles. The van der Waals surface area contributed by atoms with Gasteiger partial charge in [0.2, 0.25) is 0 Å². The van der Waals surface area contributed by atoms with E-state index >= 15 is 0 Å². The normalized spacial score (nSPS) is 15.8. The Morgan fingerprint density at radius 3 is 1.16 bits per heavy atom. The second-order valence-electron chi connectivity index (χ2n) is 7.07. The maximum Gasteiger partial charge on any atom is 0.185 e. The van der Waals surface area contributed by atoms with Gasteiger partial charge in [-0.3, -0.25) is 4.79 Å². The number of ketones is 1. The Labute approximate surface area is 188 Å². The van der Waals surface area contributed by atoms with Crippen molar-refractivity contribution in [2.24, 2.45) is 0 Å². The minimum atomic E-state index is -0.0151. The maximum absolute atomic E-state index is 13.1. The summed E-state index contributed by atoms with van der Waals surface area (Å²) in [4.78, 5) is 13.1. The summed E-state index contributed by atoms with van der Waals surface area (Å²) in [5.74, 6) is 3.44. The van der Waals surface area contributed by atoms with Crippen molar-refractivity contribution >= 4 is 17.9 Å². The van der Waals surface area contributed by atoms with Crippen LogP contribution in [0.25, 0.3) is 12.2 Å². The van der Waals surface area contributed by atoms with Crippen molar-refractivity contribution in [1.29, 1.82) is 0 Å². The first-order chi connectivity index (χ1) is 15.5. The van der Waals surface area contributed by atoms with Gasteiger partial charge in [0, 0.05) is 34.4 Å². The van der Waals surface area contributed by atoms with Gasteiger partial charge in [0.15, 0.2) is 28.8 Å². The van der Waals surface area contributed by atoms with Crippen LogP contribution in [0.2, 0.25) is 0 Å². The highest BCUT2D eigenvalue weighted by molar-refractivity contribution is 6.15. The summed E-state index contributed by atoms with van der Waals surface area (Å²) in [6.45, 7) is 0. The molecule has 1 fully saturated rings. The van der Waals surface area contributed by atoms with Crippen molar-refractivity contribution in [2.45, 2.75) is 12.8 Å². The molecule has 2 aromatic rings. The molecule has 0 aromatic heterocycles. The van der Waals surface area contributed by atoms with Crippen LogP contribution in [0, 0.1) is 0 Å². The number of benzene rings is 2. The van der Waals surface area contributed by atoms with Crippen LogP contribution in [-0.4, -0.2) is 48.4 Å². The Bertz CT molecular complexity index is 983. The van der Waals surface area contributed by atoms with Crippen molar-refractivity contribution in [3.05, 3.63) is 46.5 Å². The van der Waals surface area contributed by atoms with Crippen LogP contribution in [0.15, 0.2) is 35.4 Å². The Balaban J connectivity index is 1.98.